The molecule has 86 valence electrons. The lowest BCUT2D eigenvalue weighted by molar-refractivity contribution is 0.125. The highest BCUT2D eigenvalue weighted by molar-refractivity contribution is 5.67. The monoisotopic (exact) mass is 212 g/mol. The molecule has 1 saturated heterocycles. The molecule has 1 atom stereocenters. The molecule has 1 aliphatic heterocycles. The maximum Gasteiger partial charge on any atom is 0.409 e. The average molecular weight is 212 g/mol. The number of hydrogen-bond acceptors (Lipinski definition) is 3. The number of ether oxygens (including phenoxy) is 1. The van der Waals surface area contributed by atoms with E-state index in [0.29, 0.717) is 6.04 Å². The van der Waals surface area contributed by atoms with Crippen LogP contribution in [0, 0.1) is 0 Å². The Balaban J connectivity index is 1.77. The van der Waals surface area contributed by atoms with E-state index in [1.54, 1.807) is 0 Å². The Labute approximate surface area is 91.0 Å². The van der Waals surface area contributed by atoms with Crippen molar-refractivity contribution < 1.29 is 9.53 Å². The maximum absolute atomic E-state index is 11.3. The van der Waals surface area contributed by atoms with E-state index in [2.05, 4.69) is 5.32 Å². The van der Waals surface area contributed by atoms with E-state index in [-0.39, 0.29) is 6.09 Å². The number of nitrogens with one attached hydrogen (secondary N) is 1. The van der Waals surface area contributed by atoms with Crippen LogP contribution in [0.25, 0.3) is 0 Å². The quantitative estimate of drug-likeness (QED) is 0.751. The third-order valence-electron chi connectivity index (χ3n) is 3.21. The summed E-state index contributed by atoms with van der Waals surface area (Å²) in [5, 5.41) is 3.63. The van der Waals surface area contributed by atoms with Crippen molar-refractivity contribution in [2.45, 2.75) is 44.2 Å². The van der Waals surface area contributed by atoms with Gasteiger partial charge in [0.05, 0.1) is 7.11 Å². The largest absolute Gasteiger partial charge is 0.453 e. The Morgan fingerprint density at radius 1 is 1.20 bits per heavy atom. The van der Waals surface area contributed by atoms with Crippen LogP contribution < -0.4 is 5.32 Å². The van der Waals surface area contributed by atoms with Crippen molar-refractivity contribution in [2.75, 3.05) is 20.2 Å². The number of amides is 1. The summed E-state index contributed by atoms with van der Waals surface area (Å²) in [5.41, 5.74) is 0. The number of hydrogen-bond donors (Lipinski definition) is 1. The van der Waals surface area contributed by atoms with Crippen molar-refractivity contribution in [3.63, 3.8) is 0 Å². The smallest absolute Gasteiger partial charge is 0.409 e. The third-order valence-corrected chi connectivity index (χ3v) is 3.21. The van der Waals surface area contributed by atoms with Gasteiger partial charge in [-0.15, -0.1) is 0 Å². The van der Waals surface area contributed by atoms with Crippen molar-refractivity contribution in [1.82, 2.24) is 10.2 Å². The third kappa shape index (κ3) is 3.09. The number of methoxy groups -OCH3 is 1. The van der Waals surface area contributed by atoms with E-state index in [1.165, 1.54) is 26.4 Å². The molecule has 0 spiro atoms. The molecular weight excluding hydrogens is 192 g/mol. The normalized spacial score (nSPS) is 27.3. The zero-order valence-electron chi connectivity index (χ0n) is 9.37. The van der Waals surface area contributed by atoms with Gasteiger partial charge < -0.3 is 15.0 Å². The molecule has 1 N–H and O–H groups in total. The van der Waals surface area contributed by atoms with E-state index in [1.807, 2.05) is 4.90 Å². The molecule has 0 aromatic carbocycles. The van der Waals surface area contributed by atoms with Crippen molar-refractivity contribution >= 4 is 6.09 Å². The standard InChI is InChI=1S/C11H20N2O2/c1-15-11(14)13-7-2-3-9(6-8-13)12-10-4-5-10/h9-10,12H,2-8H2,1H3. The minimum absolute atomic E-state index is 0.179. The molecule has 0 radical (unpaired) electrons. The molecule has 15 heavy (non-hydrogen) atoms. The van der Waals surface area contributed by atoms with Gasteiger partial charge in [-0.25, -0.2) is 4.79 Å². The number of nitrogens with zero attached hydrogens (tertiary/aromatic N) is 1. The van der Waals surface area contributed by atoms with Gasteiger partial charge in [-0.2, -0.15) is 0 Å². The Hall–Kier alpha value is -0.770. The minimum Gasteiger partial charge on any atom is -0.453 e. The fourth-order valence-electron chi connectivity index (χ4n) is 2.16. The van der Waals surface area contributed by atoms with Crippen molar-refractivity contribution in [3.8, 4) is 0 Å². The first-order valence-corrected chi connectivity index (χ1v) is 5.88. The summed E-state index contributed by atoms with van der Waals surface area (Å²) in [6, 6.07) is 1.37. The molecule has 0 aromatic heterocycles. The molecule has 1 aliphatic carbocycles. The minimum atomic E-state index is -0.179. The van der Waals surface area contributed by atoms with Crippen LogP contribution in [-0.2, 0) is 4.74 Å². The predicted octanol–water partition coefficient (Wildman–Crippen LogP) is 1.36. The van der Waals surface area contributed by atoms with E-state index < -0.39 is 0 Å². The SMILES string of the molecule is COC(=O)N1CCCC(NC2CC2)CC1. The van der Waals surface area contributed by atoms with Crippen LogP contribution in [0.4, 0.5) is 4.79 Å². The second-order valence-corrected chi connectivity index (χ2v) is 4.53. The molecule has 1 heterocycles. The molecule has 1 unspecified atom stereocenters. The predicted molar refractivity (Wildman–Crippen MR) is 57.8 cm³/mol. The lowest BCUT2D eigenvalue weighted by Crippen LogP contribution is -2.34. The van der Waals surface area contributed by atoms with Gasteiger partial charge in [-0.3, -0.25) is 0 Å². The summed E-state index contributed by atoms with van der Waals surface area (Å²) in [6.07, 6.45) is 5.81. The summed E-state index contributed by atoms with van der Waals surface area (Å²) in [6.45, 7) is 1.67. The first-order chi connectivity index (χ1) is 7.29. The molecule has 4 nitrogen and oxygen atoms in total. The molecule has 1 amide bonds. The molecule has 1 saturated carbocycles. The Morgan fingerprint density at radius 3 is 2.60 bits per heavy atom. The summed E-state index contributed by atoms with van der Waals surface area (Å²) in [4.78, 5) is 13.2. The van der Waals surface area contributed by atoms with Gasteiger partial charge in [-0.1, -0.05) is 0 Å². The fraction of sp³-hybridized carbons (Fsp3) is 0.909. The van der Waals surface area contributed by atoms with E-state index in [9.17, 15) is 4.79 Å². The van der Waals surface area contributed by atoms with Crippen LogP contribution in [0.2, 0.25) is 0 Å². The molecule has 2 rings (SSSR count). The van der Waals surface area contributed by atoms with Gasteiger partial charge in [0, 0.05) is 25.2 Å². The van der Waals surface area contributed by atoms with Gasteiger partial charge in [0.15, 0.2) is 0 Å². The second-order valence-electron chi connectivity index (χ2n) is 4.53. The van der Waals surface area contributed by atoms with Crippen LogP contribution in [0.15, 0.2) is 0 Å². The van der Waals surface area contributed by atoms with Crippen LogP contribution in [-0.4, -0.2) is 43.3 Å². The zero-order chi connectivity index (χ0) is 10.7. The van der Waals surface area contributed by atoms with Gasteiger partial charge in [0.1, 0.15) is 0 Å². The average Bonchev–Trinajstić information content (AvgIpc) is 3.05. The zero-order valence-corrected chi connectivity index (χ0v) is 9.37. The van der Waals surface area contributed by atoms with Gasteiger partial charge in [-0.05, 0) is 32.1 Å². The van der Waals surface area contributed by atoms with Crippen LogP contribution in [0.3, 0.4) is 0 Å². The number of carbonyl (C=O) groups is 1. The molecule has 2 aliphatic rings. The summed E-state index contributed by atoms with van der Waals surface area (Å²) >= 11 is 0. The van der Waals surface area contributed by atoms with E-state index in [0.717, 1.165) is 32.0 Å². The summed E-state index contributed by atoms with van der Waals surface area (Å²) < 4.78 is 4.74. The van der Waals surface area contributed by atoms with Crippen molar-refractivity contribution in [1.29, 1.82) is 0 Å². The van der Waals surface area contributed by atoms with Gasteiger partial charge in [0.25, 0.3) is 0 Å². The fourth-order valence-corrected chi connectivity index (χ4v) is 2.16. The number of carbonyl (C=O) groups excluding carboxylic acids is 1. The lowest BCUT2D eigenvalue weighted by Gasteiger charge is -2.19. The van der Waals surface area contributed by atoms with Gasteiger partial charge >= 0.3 is 6.09 Å². The maximum atomic E-state index is 11.3. The van der Waals surface area contributed by atoms with Crippen LogP contribution >= 0.6 is 0 Å². The molecule has 0 aromatic rings. The molecule has 4 heteroatoms. The highest BCUT2D eigenvalue weighted by Gasteiger charge is 2.27. The topological polar surface area (TPSA) is 41.6 Å². The highest BCUT2D eigenvalue weighted by atomic mass is 16.5. The first kappa shape index (κ1) is 10.7. The van der Waals surface area contributed by atoms with Crippen LogP contribution in [0.5, 0.6) is 0 Å². The summed E-state index contributed by atoms with van der Waals surface area (Å²) in [5.74, 6) is 0. The molecule has 0 bridgehead atoms. The Morgan fingerprint density at radius 2 is 1.93 bits per heavy atom. The first-order valence-electron chi connectivity index (χ1n) is 5.88. The lowest BCUT2D eigenvalue weighted by atomic mass is 10.1. The van der Waals surface area contributed by atoms with Crippen molar-refractivity contribution in [2.24, 2.45) is 0 Å². The van der Waals surface area contributed by atoms with Crippen LogP contribution in [0.1, 0.15) is 32.1 Å². The van der Waals surface area contributed by atoms with E-state index in [4.69, 9.17) is 4.74 Å². The van der Waals surface area contributed by atoms with E-state index >= 15 is 0 Å². The van der Waals surface area contributed by atoms with Crippen molar-refractivity contribution in [3.05, 3.63) is 0 Å². The number of likely N-dealkylation sites (tertiary alicyclic amines) is 1. The molecule has 2 fully saturated rings. The Bertz CT molecular complexity index is 229. The van der Waals surface area contributed by atoms with Gasteiger partial charge in [0.2, 0.25) is 0 Å². The Kier molecular flexibility index (Phi) is 3.46. The highest BCUT2D eigenvalue weighted by Crippen LogP contribution is 2.22. The molecular formula is C11H20N2O2. The summed E-state index contributed by atoms with van der Waals surface area (Å²) in [7, 11) is 1.45. The second kappa shape index (κ2) is 4.84. The number of rotatable bonds is 2.